The Balaban J connectivity index is 1.71. The van der Waals surface area contributed by atoms with Gasteiger partial charge in [0.2, 0.25) is 0 Å². The number of rotatable bonds is 3. The quantitative estimate of drug-likeness (QED) is 0.612. The van der Waals surface area contributed by atoms with Gasteiger partial charge in [0.1, 0.15) is 11.4 Å². The van der Waals surface area contributed by atoms with E-state index in [-0.39, 0.29) is 17.5 Å². The van der Waals surface area contributed by atoms with Crippen LogP contribution in [-0.4, -0.2) is 40.5 Å². The van der Waals surface area contributed by atoms with Crippen LogP contribution >= 0.6 is 27.5 Å². The molecule has 0 saturated carbocycles. The molecule has 2 aromatic rings. The highest BCUT2D eigenvalue weighted by molar-refractivity contribution is 9.10. The number of phenols is 1. The Kier molecular flexibility index (Phi) is 6.03. The molecule has 0 bridgehead atoms. The second-order valence-corrected chi connectivity index (χ2v) is 9.68. The van der Waals surface area contributed by atoms with Crippen LogP contribution in [0.3, 0.4) is 0 Å². The highest BCUT2D eigenvalue weighted by atomic mass is 79.9. The number of aromatic hydroxyl groups is 1. The van der Waals surface area contributed by atoms with Crippen LogP contribution in [0.15, 0.2) is 51.9 Å². The predicted octanol–water partition coefficient (Wildman–Crippen LogP) is 5.53. The van der Waals surface area contributed by atoms with Crippen molar-refractivity contribution in [1.82, 2.24) is 10.2 Å². The van der Waals surface area contributed by atoms with E-state index in [2.05, 4.69) is 64.3 Å². The summed E-state index contributed by atoms with van der Waals surface area (Å²) >= 11 is 9.78. The zero-order valence-electron chi connectivity index (χ0n) is 16.8. The Hall–Kier alpha value is -1.40. The normalized spacial score (nSPS) is 22.1. The molecule has 2 aromatic carbocycles. The van der Waals surface area contributed by atoms with Gasteiger partial charge >= 0.3 is 0 Å². The van der Waals surface area contributed by atoms with Gasteiger partial charge in [-0.2, -0.15) is 0 Å². The van der Waals surface area contributed by atoms with Crippen molar-refractivity contribution in [2.75, 3.05) is 13.1 Å². The molecule has 0 amide bonds. The number of nitrogens with zero attached hydrogens (tertiary/aromatic N) is 2. The van der Waals surface area contributed by atoms with Gasteiger partial charge in [-0.1, -0.05) is 39.7 Å². The van der Waals surface area contributed by atoms with Gasteiger partial charge in [0, 0.05) is 52.4 Å². The van der Waals surface area contributed by atoms with Crippen molar-refractivity contribution in [3.8, 4) is 5.75 Å². The lowest BCUT2D eigenvalue weighted by molar-refractivity contribution is 0.103. The molecule has 29 heavy (non-hydrogen) atoms. The smallest absolute Gasteiger partial charge is 0.120 e. The van der Waals surface area contributed by atoms with Gasteiger partial charge in [-0.05, 0) is 62.6 Å². The zero-order chi connectivity index (χ0) is 20.6. The molecule has 2 heterocycles. The molecule has 2 aliphatic rings. The van der Waals surface area contributed by atoms with Crippen molar-refractivity contribution >= 4 is 33.2 Å². The van der Waals surface area contributed by atoms with E-state index in [1.165, 1.54) is 0 Å². The summed E-state index contributed by atoms with van der Waals surface area (Å²) in [6.07, 6.45) is 2.61. The van der Waals surface area contributed by atoms with E-state index in [9.17, 15) is 5.11 Å². The van der Waals surface area contributed by atoms with Crippen LogP contribution in [0, 0.1) is 0 Å². The minimum Gasteiger partial charge on any atom is -0.508 e. The number of hydrogen-bond donors (Lipinski definition) is 2. The number of piperidine rings is 1. The topological polar surface area (TPSA) is 47.9 Å². The molecule has 1 fully saturated rings. The number of hydrogen-bond acceptors (Lipinski definition) is 4. The summed E-state index contributed by atoms with van der Waals surface area (Å²) in [5.41, 5.74) is 2.74. The fourth-order valence-corrected chi connectivity index (χ4v) is 4.83. The van der Waals surface area contributed by atoms with Crippen LogP contribution in [0.5, 0.6) is 5.75 Å². The third kappa shape index (κ3) is 4.53. The SMILES string of the molecule is CC(C)N1CCC2(CC1)N=C(c1ccc(Br)cc1)C[C@@H](c1cc(Cl)ccc1O)N2. The number of halogens is 2. The summed E-state index contributed by atoms with van der Waals surface area (Å²) in [5.74, 6) is 0.277. The molecule has 2 N–H and O–H groups in total. The summed E-state index contributed by atoms with van der Waals surface area (Å²) in [6, 6.07) is 14.1. The van der Waals surface area contributed by atoms with Gasteiger partial charge < -0.3 is 10.0 Å². The van der Waals surface area contributed by atoms with E-state index in [0.29, 0.717) is 17.5 Å². The Morgan fingerprint density at radius 3 is 2.52 bits per heavy atom. The molecule has 0 radical (unpaired) electrons. The van der Waals surface area contributed by atoms with Gasteiger partial charge in [0.15, 0.2) is 0 Å². The summed E-state index contributed by atoms with van der Waals surface area (Å²) in [4.78, 5) is 7.75. The fourth-order valence-electron chi connectivity index (χ4n) is 4.39. The number of benzene rings is 2. The molecule has 154 valence electrons. The average Bonchev–Trinajstić information content (AvgIpc) is 2.70. The van der Waals surface area contributed by atoms with E-state index < -0.39 is 0 Å². The maximum Gasteiger partial charge on any atom is 0.120 e. The van der Waals surface area contributed by atoms with E-state index in [0.717, 1.165) is 47.2 Å². The Morgan fingerprint density at radius 2 is 1.86 bits per heavy atom. The van der Waals surface area contributed by atoms with Crippen molar-refractivity contribution < 1.29 is 5.11 Å². The van der Waals surface area contributed by atoms with E-state index >= 15 is 0 Å². The highest BCUT2D eigenvalue weighted by Gasteiger charge is 2.40. The summed E-state index contributed by atoms with van der Waals surface area (Å²) < 4.78 is 1.06. The average molecular weight is 477 g/mol. The number of phenolic OH excluding ortho intramolecular Hbond substituents is 1. The van der Waals surface area contributed by atoms with Crippen LogP contribution in [0.4, 0.5) is 0 Å². The van der Waals surface area contributed by atoms with Gasteiger partial charge in [0.05, 0.1) is 0 Å². The summed E-state index contributed by atoms with van der Waals surface area (Å²) in [6.45, 7) is 6.51. The maximum absolute atomic E-state index is 10.5. The Morgan fingerprint density at radius 1 is 1.17 bits per heavy atom. The van der Waals surface area contributed by atoms with Crippen LogP contribution in [-0.2, 0) is 0 Å². The van der Waals surface area contributed by atoms with Crippen LogP contribution < -0.4 is 5.32 Å². The van der Waals surface area contributed by atoms with E-state index in [1.54, 1.807) is 12.1 Å². The standard InChI is InChI=1S/C23H27BrClN3O/c1-15(2)28-11-9-23(10-12-28)26-20(16-3-5-17(24)6-4-16)14-21(27-23)19-13-18(25)7-8-22(19)29/h3-8,13,15,21,27,29H,9-12,14H2,1-2H3/t21-/m0/s1. The lowest BCUT2D eigenvalue weighted by Gasteiger charge is -2.46. The molecule has 1 atom stereocenters. The van der Waals surface area contributed by atoms with E-state index in [4.69, 9.17) is 16.6 Å². The third-order valence-corrected chi connectivity index (χ3v) is 6.85. The van der Waals surface area contributed by atoms with Crippen molar-refractivity contribution in [1.29, 1.82) is 0 Å². The van der Waals surface area contributed by atoms with Crippen molar-refractivity contribution in [2.24, 2.45) is 4.99 Å². The third-order valence-electron chi connectivity index (χ3n) is 6.09. The fraction of sp³-hybridized carbons (Fsp3) is 0.435. The lowest BCUT2D eigenvalue weighted by atomic mass is 9.87. The first kappa shape index (κ1) is 20.9. The summed E-state index contributed by atoms with van der Waals surface area (Å²) in [7, 11) is 0. The van der Waals surface area contributed by atoms with Gasteiger partial charge in [-0.25, -0.2) is 0 Å². The minimum atomic E-state index is -0.314. The molecular weight excluding hydrogens is 450 g/mol. The van der Waals surface area contributed by atoms with Crippen molar-refractivity contribution in [3.05, 3.63) is 63.1 Å². The molecule has 0 aliphatic carbocycles. The monoisotopic (exact) mass is 475 g/mol. The minimum absolute atomic E-state index is 0.0320. The molecule has 1 saturated heterocycles. The van der Waals surface area contributed by atoms with E-state index in [1.807, 2.05) is 6.07 Å². The first-order valence-corrected chi connectivity index (χ1v) is 11.4. The molecular formula is C23H27BrClN3O. The van der Waals surface area contributed by atoms with Crippen LogP contribution in [0.25, 0.3) is 0 Å². The number of aliphatic imine (C=N–C) groups is 1. The largest absolute Gasteiger partial charge is 0.508 e. The number of nitrogens with one attached hydrogen (secondary N) is 1. The first-order chi connectivity index (χ1) is 13.8. The second kappa shape index (κ2) is 8.38. The van der Waals surface area contributed by atoms with Gasteiger partial charge in [0.25, 0.3) is 0 Å². The predicted molar refractivity (Wildman–Crippen MR) is 123 cm³/mol. The highest BCUT2D eigenvalue weighted by Crippen LogP contribution is 2.38. The molecule has 4 nitrogen and oxygen atoms in total. The van der Waals surface area contributed by atoms with Crippen molar-refractivity contribution in [3.63, 3.8) is 0 Å². The van der Waals surface area contributed by atoms with Crippen molar-refractivity contribution in [2.45, 2.75) is 50.9 Å². The second-order valence-electron chi connectivity index (χ2n) is 8.33. The molecule has 0 aromatic heterocycles. The lowest BCUT2D eigenvalue weighted by Crippen LogP contribution is -2.56. The zero-order valence-corrected chi connectivity index (χ0v) is 19.2. The molecule has 6 heteroatoms. The van der Waals surface area contributed by atoms with Gasteiger partial charge in [-0.3, -0.25) is 10.3 Å². The summed E-state index contributed by atoms with van der Waals surface area (Å²) in [5, 5.41) is 14.9. The van der Waals surface area contributed by atoms with Crippen LogP contribution in [0.1, 0.15) is 50.3 Å². The maximum atomic E-state index is 10.5. The molecule has 1 spiro atoms. The Bertz CT molecular complexity index is 905. The molecule has 2 aliphatic heterocycles. The van der Waals surface area contributed by atoms with Crippen LogP contribution in [0.2, 0.25) is 5.02 Å². The first-order valence-electron chi connectivity index (χ1n) is 10.2. The Labute approximate surface area is 186 Å². The molecule has 4 rings (SSSR count). The number of likely N-dealkylation sites (tertiary alicyclic amines) is 1. The molecule has 0 unspecified atom stereocenters. The van der Waals surface area contributed by atoms with Gasteiger partial charge in [-0.15, -0.1) is 0 Å².